The van der Waals surface area contributed by atoms with Crippen LogP contribution in [-0.2, 0) is 12.8 Å². The summed E-state index contributed by atoms with van der Waals surface area (Å²) in [6, 6.07) is 8.22. The number of hydrogen-bond donors (Lipinski definition) is 1. The summed E-state index contributed by atoms with van der Waals surface area (Å²) in [6.45, 7) is 6.59. The molecule has 2 aliphatic heterocycles. The van der Waals surface area contributed by atoms with Crippen LogP contribution in [0.1, 0.15) is 30.3 Å². The van der Waals surface area contributed by atoms with Crippen molar-refractivity contribution in [2.75, 3.05) is 31.2 Å². The van der Waals surface area contributed by atoms with Crippen molar-refractivity contribution in [3.05, 3.63) is 47.4 Å². The average Bonchev–Trinajstić information content (AvgIpc) is 2.93. The second-order valence-corrected chi connectivity index (χ2v) is 7.71. The van der Waals surface area contributed by atoms with Crippen molar-refractivity contribution in [2.24, 2.45) is 11.3 Å². The molecule has 0 radical (unpaired) electrons. The van der Waals surface area contributed by atoms with E-state index in [9.17, 15) is 5.11 Å². The highest BCUT2D eigenvalue weighted by Crippen LogP contribution is 2.44. The van der Waals surface area contributed by atoms with Gasteiger partial charge in [0.15, 0.2) is 0 Å². The maximum absolute atomic E-state index is 10.4. The first-order valence-corrected chi connectivity index (χ1v) is 9.54. The number of ether oxygens (including phenoxy) is 1. The van der Waals surface area contributed by atoms with Gasteiger partial charge in [-0.15, -0.1) is 0 Å². The number of aromatic nitrogens is 2. The molecular weight excluding hydrogens is 326 g/mol. The van der Waals surface area contributed by atoms with Crippen LogP contribution >= 0.6 is 0 Å². The molecule has 4 rings (SSSR count). The Morgan fingerprint density at radius 3 is 3.00 bits per heavy atom. The molecule has 2 aromatic rings. The number of rotatable bonds is 4. The van der Waals surface area contributed by atoms with Crippen LogP contribution in [0, 0.1) is 18.3 Å². The topological polar surface area (TPSA) is 58.5 Å². The van der Waals surface area contributed by atoms with Crippen LogP contribution in [0.2, 0.25) is 0 Å². The van der Waals surface area contributed by atoms with E-state index in [-0.39, 0.29) is 17.9 Å². The second kappa shape index (κ2) is 6.88. The molecule has 0 amide bonds. The molecule has 5 heteroatoms. The van der Waals surface area contributed by atoms with Gasteiger partial charge in [0.25, 0.3) is 0 Å². The number of anilines is 1. The molecule has 138 valence electrons. The summed E-state index contributed by atoms with van der Waals surface area (Å²) in [4.78, 5) is 11.5. The highest BCUT2D eigenvalue weighted by atomic mass is 16.5. The van der Waals surface area contributed by atoms with Crippen molar-refractivity contribution < 1.29 is 9.84 Å². The maximum atomic E-state index is 10.4. The summed E-state index contributed by atoms with van der Waals surface area (Å²) < 4.78 is 6.10. The van der Waals surface area contributed by atoms with E-state index >= 15 is 0 Å². The van der Waals surface area contributed by atoms with E-state index in [0.29, 0.717) is 6.61 Å². The zero-order valence-corrected chi connectivity index (χ0v) is 15.6. The molecule has 1 fully saturated rings. The van der Waals surface area contributed by atoms with Gasteiger partial charge in [0.2, 0.25) is 0 Å². The highest BCUT2D eigenvalue weighted by Gasteiger charge is 2.49. The number of aliphatic hydroxyl groups is 1. The zero-order chi connectivity index (χ0) is 18.1. The Morgan fingerprint density at radius 2 is 2.19 bits per heavy atom. The Labute approximate surface area is 155 Å². The van der Waals surface area contributed by atoms with Crippen molar-refractivity contribution in [3.63, 3.8) is 0 Å². The van der Waals surface area contributed by atoms with Gasteiger partial charge in [-0.25, -0.2) is 9.97 Å². The Balaban J connectivity index is 1.68. The van der Waals surface area contributed by atoms with Crippen molar-refractivity contribution in [2.45, 2.75) is 33.1 Å². The van der Waals surface area contributed by atoms with Crippen LogP contribution in [0.3, 0.4) is 0 Å². The molecule has 2 atom stereocenters. The van der Waals surface area contributed by atoms with Gasteiger partial charge in [0, 0.05) is 36.2 Å². The number of aryl methyl sites for hydroxylation is 2. The first-order valence-electron chi connectivity index (χ1n) is 9.54. The fourth-order valence-corrected chi connectivity index (χ4v) is 4.42. The van der Waals surface area contributed by atoms with E-state index in [4.69, 9.17) is 9.72 Å². The fourth-order valence-electron chi connectivity index (χ4n) is 4.42. The molecule has 0 bridgehead atoms. The van der Waals surface area contributed by atoms with E-state index in [1.54, 1.807) is 0 Å². The molecule has 3 heterocycles. The Morgan fingerprint density at radius 1 is 1.35 bits per heavy atom. The molecule has 1 aromatic carbocycles. The lowest BCUT2D eigenvalue weighted by Gasteiger charge is -2.30. The minimum atomic E-state index is -0.186. The van der Waals surface area contributed by atoms with Crippen LogP contribution < -0.4 is 9.64 Å². The molecule has 2 aliphatic rings. The minimum Gasteiger partial charge on any atom is -0.493 e. The van der Waals surface area contributed by atoms with Crippen LogP contribution in [0.25, 0.3) is 0 Å². The molecule has 5 nitrogen and oxygen atoms in total. The van der Waals surface area contributed by atoms with E-state index in [1.165, 1.54) is 11.1 Å². The van der Waals surface area contributed by atoms with Gasteiger partial charge in [-0.3, -0.25) is 0 Å². The first kappa shape index (κ1) is 17.3. The third-order valence-electron chi connectivity index (χ3n) is 5.86. The lowest BCUT2D eigenvalue weighted by Crippen LogP contribution is -2.38. The molecule has 0 unspecified atom stereocenters. The van der Waals surface area contributed by atoms with Gasteiger partial charge in [0.05, 0.1) is 13.2 Å². The van der Waals surface area contributed by atoms with E-state index in [0.717, 1.165) is 49.7 Å². The number of aliphatic hydroxyl groups excluding tert-OH is 1. The second-order valence-electron chi connectivity index (χ2n) is 7.71. The summed E-state index contributed by atoms with van der Waals surface area (Å²) in [6.07, 6.45) is 4.85. The number of fused-ring (bicyclic) bond motifs is 2. The van der Waals surface area contributed by atoms with Gasteiger partial charge in [-0.05, 0) is 31.4 Å². The smallest absolute Gasteiger partial charge is 0.135 e. The van der Waals surface area contributed by atoms with Crippen molar-refractivity contribution >= 4 is 5.82 Å². The van der Waals surface area contributed by atoms with Crippen LogP contribution in [0.4, 0.5) is 5.82 Å². The SMILES string of the molecule is CCCc1cnc(C)nc1N1C[C@@H]2COc3ccccc3C[C@]2(CO)C1. The van der Waals surface area contributed by atoms with Gasteiger partial charge >= 0.3 is 0 Å². The quantitative estimate of drug-likeness (QED) is 0.916. The third-order valence-corrected chi connectivity index (χ3v) is 5.86. The molecule has 1 aromatic heterocycles. The van der Waals surface area contributed by atoms with E-state index in [1.807, 2.05) is 31.3 Å². The predicted octanol–water partition coefficient (Wildman–Crippen LogP) is 2.79. The number of nitrogens with zero attached hydrogens (tertiary/aromatic N) is 3. The third kappa shape index (κ3) is 2.94. The van der Waals surface area contributed by atoms with Gasteiger partial charge in [0.1, 0.15) is 17.4 Å². The number of benzene rings is 1. The normalized spacial score (nSPS) is 24.6. The minimum absolute atomic E-state index is 0.166. The monoisotopic (exact) mass is 353 g/mol. The molecule has 26 heavy (non-hydrogen) atoms. The summed E-state index contributed by atoms with van der Waals surface area (Å²) >= 11 is 0. The molecule has 0 spiro atoms. The standard InChI is InChI=1S/C21H27N3O2/c1-3-6-17-10-22-15(2)23-20(17)24-11-18-12-26-19-8-5-4-7-16(19)9-21(18,13-24)14-25/h4-5,7-8,10,18,25H,3,6,9,11-14H2,1-2H3/t18-,21-/m1/s1. The Bertz CT molecular complexity index is 795. The van der Waals surface area contributed by atoms with E-state index in [2.05, 4.69) is 22.9 Å². The van der Waals surface area contributed by atoms with Gasteiger partial charge in [-0.1, -0.05) is 31.5 Å². The van der Waals surface area contributed by atoms with Gasteiger partial charge < -0.3 is 14.7 Å². The zero-order valence-electron chi connectivity index (χ0n) is 15.6. The van der Waals surface area contributed by atoms with Gasteiger partial charge in [-0.2, -0.15) is 0 Å². The molecule has 0 saturated carbocycles. The molecule has 1 N–H and O–H groups in total. The summed E-state index contributed by atoms with van der Waals surface area (Å²) in [5.74, 6) is 3.08. The highest BCUT2D eigenvalue weighted by molar-refractivity contribution is 5.49. The largest absolute Gasteiger partial charge is 0.493 e. The Hall–Kier alpha value is -2.14. The average molecular weight is 353 g/mol. The lowest BCUT2D eigenvalue weighted by atomic mass is 9.75. The van der Waals surface area contributed by atoms with Crippen molar-refractivity contribution in [1.29, 1.82) is 0 Å². The summed E-state index contributed by atoms with van der Waals surface area (Å²) in [5.41, 5.74) is 2.21. The van der Waals surface area contributed by atoms with Crippen LogP contribution in [0.15, 0.2) is 30.5 Å². The van der Waals surface area contributed by atoms with E-state index < -0.39 is 0 Å². The number of para-hydroxylation sites is 1. The molecule has 1 saturated heterocycles. The van der Waals surface area contributed by atoms with Crippen LogP contribution in [-0.4, -0.2) is 41.4 Å². The lowest BCUT2D eigenvalue weighted by molar-refractivity contribution is 0.0816. The van der Waals surface area contributed by atoms with Crippen molar-refractivity contribution in [1.82, 2.24) is 9.97 Å². The van der Waals surface area contributed by atoms with Crippen molar-refractivity contribution in [3.8, 4) is 5.75 Å². The predicted molar refractivity (Wildman–Crippen MR) is 102 cm³/mol. The summed E-state index contributed by atoms with van der Waals surface area (Å²) in [7, 11) is 0. The molecule has 0 aliphatic carbocycles. The number of hydrogen-bond acceptors (Lipinski definition) is 5. The van der Waals surface area contributed by atoms with Crippen LogP contribution in [0.5, 0.6) is 5.75 Å². The fraction of sp³-hybridized carbons (Fsp3) is 0.524. The Kier molecular flexibility index (Phi) is 4.57. The maximum Gasteiger partial charge on any atom is 0.135 e. The first-order chi connectivity index (χ1) is 12.6. The molecular formula is C21H27N3O2. The summed E-state index contributed by atoms with van der Waals surface area (Å²) in [5, 5.41) is 10.4.